The van der Waals surface area contributed by atoms with Crippen LogP contribution in [0.25, 0.3) is 0 Å². The number of nitrogens with one attached hydrogen (secondary N) is 2. The first kappa shape index (κ1) is 15.0. The molecule has 6 nitrogen and oxygen atoms in total. The lowest BCUT2D eigenvalue weighted by molar-refractivity contribution is -0.147. The Morgan fingerprint density at radius 3 is 2.37 bits per heavy atom. The highest BCUT2D eigenvalue weighted by atomic mass is 16.5. The van der Waals surface area contributed by atoms with Gasteiger partial charge in [-0.25, -0.2) is 9.59 Å². The van der Waals surface area contributed by atoms with Gasteiger partial charge < -0.3 is 20.5 Å². The van der Waals surface area contributed by atoms with Crippen LogP contribution in [0, 0.1) is 13.8 Å². The van der Waals surface area contributed by atoms with Crippen molar-refractivity contribution in [2.45, 2.75) is 20.0 Å². The molecule has 0 saturated heterocycles. The molecule has 1 atom stereocenters. The predicted molar refractivity (Wildman–Crippen MR) is 71.4 cm³/mol. The quantitative estimate of drug-likeness (QED) is 0.754. The number of benzene rings is 1. The molecule has 0 heterocycles. The number of para-hydroxylation sites is 1. The van der Waals surface area contributed by atoms with Crippen LogP contribution >= 0.6 is 0 Å². The van der Waals surface area contributed by atoms with Crippen molar-refractivity contribution in [3.63, 3.8) is 0 Å². The zero-order valence-corrected chi connectivity index (χ0v) is 11.2. The number of carbonyl (C=O) groups is 2. The Bertz CT molecular complexity index is 453. The van der Waals surface area contributed by atoms with Crippen molar-refractivity contribution in [3.8, 4) is 0 Å². The standard InChI is InChI=1S/C13H18N2O4/c1-8-5-4-6-9(2)11(8)15-13(18)14-7-10(19-3)12(16)17/h4-6,10H,7H2,1-3H3,(H,16,17)(H2,14,15,18). The summed E-state index contributed by atoms with van der Waals surface area (Å²) in [4.78, 5) is 22.4. The Morgan fingerprint density at radius 2 is 1.89 bits per heavy atom. The Labute approximate surface area is 111 Å². The van der Waals surface area contributed by atoms with Gasteiger partial charge in [-0.2, -0.15) is 0 Å². The maximum absolute atomic E-state index is 11.7. The normalized spacial score (nSPS) is 11.7. The van der Waals surface area contributed by atoms with E-state index < -0.39 is 18.1 Å². The van der Waals surface area contributed by atoms with E-state index in [1.54, 1.807) is 0 Å². The summed E-state index contributed by atoms with van der Waals surface area (Å²) in [5.41, 5.74) is 2.61. The molecule has 6 heteroatoms. The van der Waals surface area contributed by atoms with Gasteiger partial charge in [-0.1, -0.05) is 18.2 Å². The first-order chi connectivity index (χ1) is 8.95. The summed E-state index contributed by atoms with van der Waals surface area (Å²) in [6, 6.07) is 5.22. The van der Waals surface area contributed by atoms with Crippen molar-refractivity contribution in [3.05, 3.63) is 29.3 Å². The summed E-state index contributed by atoms with van der Waals surface area (Å²) in [5, 5.41) is 13.9. The number of carbonyl (C=O) groups excluding carboxylic acids is 1. The average Bonchev–Trinajstić information content (AvgIpc) is 2.34. The molecule has 104 valence electrons. The number of ether oxygens (including phenoxy) is 1. The van der Waals surface area contributed by atoms with Crippen molar-refractivity contribution in [2.24, 2.45) is 0 Å². The largest absolute Gasteiger partial charge is 0.479 e. The molecule has 0 radical (unpaired) electrons. The molecule has 0 fully saturated rings. The highest BCUT2D eigenvalue weighted by Gasteiger charge is 2.17. The predicted octanol–water partition coefficient (Wildman–Crippen LogP) is 1.52. The molecule has 0 aromatic heterocycles. The molecule has 0 bridgehead atoms. The fraction of sp³-hybridized carbons (Fsp3) is 0.385. The Morgan fingerprint density at radius 1 is 1.32 bits per heavy atom. The van der Waals surface area contributed by atoms with E-state index in [-0.39, 0.29) is 6.54 Å². The maximum atomic E-state index is 11.7. The summed E-state index contributed by atoms with van der Waals surface area (Å²) >= 11 is 0. The van der Waals surface area contributed by atoms with Gasteiger partial charge in [0.2, 0.25) is 0 Å². The third-order valence-electron chi connectivity index (χ3n) is 2.73. The second kappa shape index (κ2) is 6.75. The molecule has 1 rings (SSSR count). The molecule has 0 saturated carbocycles. The minimum Gasteiger partial charge on any atom is -0.479 e. The van der Waals surface area contributed by atoms with E-state index >= 15 is 0 Å². The van der Waals surface area contributed by atoms with Gasteiger partial charge in [-0.15, -0.1) is 0 Å². The minimum absolute atomic E-state index is 0.0946. The number of amides is 2. The lowest BCUT2D eigenvalue weighted by atomic mass is 10.1. The number of rotatable bonds is 5. The van der Waals surface area contributed by atoms with Crippen molar-refractivity contribution in [1.29, 1.82) is 0 Å². The number of aliphatic carboxylic acids is 1. The molecule has 3 N–H and O–H groups in total. The molecule has 0 aliphatic heterocycles. The average molecular weight is 266 g/mol. The maximum Gasteiger partial charge on any atom is 0.334 e. The number of carboxylic acids is 1. The van der Waals surface area contributed by atoms with Crippen LogP contribution in [-0.4, -0.2) is 36.9 Å². The van der Waals surface area contributed by atoms with Gasteiger partial charge in [0.1, 0.15) is 0 Å². The number of anilines is 1. The molecule has 19 heavy (non-hydrogen) atoms. The fourth-order valence-corrected chi connectivity index (χ4v) is 1.63. The Hall–Kier alpha value is -2.08. The number of hydrogen-bond acceptors (Lipinski definition) is 3. The van der Waals surface area contributed by atoms with E-state index in [4.69, 9.17) is 9.84 Å². The first-order valence-electron chi connectivity index (χ1n) is 5.82. The Balaban J connectivity index is 2.59. The monoisotopic (exact) mass is 266 g/mol. The molecule has 1 aromatic rings. The fourth-order valence-electron chi connectivity index (χ4n) is 1.63. The van der Waals surface area contributed by atoms with Crippen molar-refractivity contribution < 1.29 is 19.4 Å². The summed E-state index contributed by atoms with van der Waals surface area (Å²) in [6.45, 7) is 3.68. The van der Waals surface area contributed by atoms with Crippen molar-refractivity contribution in [1.82, 2.24) is 5.32 Å². The third kappa shape index (κ3) is 4.26. The van der Waals surface area contributed by atoms with Gasteiger partial charge in [-0.05, 0) is 25.0 Å². The molecular formula is C13H18N2O4. The molecular weight excluding hydrogens is 248 g/mol. The lowest BCUT2D eigenvalue weighted by Crippen LogP contribution is -2.39. The summed E-state index contributed by atoms with van der Waals surface area (Å²) in [5.74, 6) is -1.12. The molecule has 2 amide bonds. The molecule has 1 aromatic carbocycles. The van der Waals surface area contributed by atoms with Crippen LogP contribution in [0.2, 0.25) is 0 Å². The van der Waals surface area contributed by atoms with Gasteiger partial charge in [0, 0.05) is 12.8 Å². The summed E-state index contributed by atoms with van der Waals surface area (Å²) < 4.78 is 4.72. The van der Waals surface area contributed by atoms with Gasteiger partial charge in [-0.3, -0.25) is 0 Å². The number of methoxy groups -OCH3 is 1. The van der Waals surface area contributed by atoms with E-state index in [1.165, 1.54) is 7.11 Å². The number of carboxylic acid groups (broad SMARTS) is 1. The SMILES string of the molecule is COC(CNC(=O)Nc1c(C)cccc1C)C(=O)O. The number of urea groups is 1. The van der Waals surface area contributed by atoms with Crippen LogP contribution in [0.1, 0.15) is 11.1 Å². The van der Waals surface area contributed by atoms with Crippen LogP contribution < -0.4 is 10.6 Å². The molecule has 0 aliphatic carbocycles. The molecule has 1 unspecified atom stereocenters. The van der Waals surface area contributed by atoms with E-state index in [9.17, 15) is 9.59 Å². The van der Waals surface area contributed by atoms with Crippen LogP contribution in [0.4, 0.5) is 10.5 Å². The van der Waals surface area contributed by atoms with Crippen LogP contribution in [-0.2, 0) is 9.53 Å². The van der Waals surface area contributed by atoms with Gasteiger partial charge in [0.05, 0.1) is 6.54 Å². The van der Waals surface area contributed by atoms with Crippen LogP contribution in [0.15, 0.2) is 18.2 Å². The van der Waals surface area contributed by atoms with E-state index in [0.29, 0.717) is 0 Å². The van der Waals surface area contributed by atoms with Crippen LogP contribution in [0.5, 0.6) is 0 Å². The van der Waals surface area contributed by atoms with Gasteiger partial charge >= 0.3 is 12.0 Å². The number of hydrogen-bond donors (Lipinski definition) is 3. The van der Waals surface area contributed by atoms with Gasteiger partial charge in [0.15, 0.2) is 6.10 Å². The zero-order chi connectivity index (χ0) is 14.4. The first-order valence-corrected chi connectivity index (χ1v) is 5.82. The van der Waals surface area contributed by atoms with Gasteiger partial charge in [0.25, 0.3) is 0 Å². The van der Waals surface area contributed by atoms with Crippen molar-refractivity contribution >= 4 is 17.7 Å². The van der Waals surface area contributed by atoms with E-state index in [1.807, 2.05) is 32.0 Å². The third-order valence-corrected chi connectivity index (χ3v) is 2.73. The summed E-state index contributed by atoms with van der Waals surface area (Å²) in [7, 11) is 1.28. The van der Waals surface area contributed by atoms with E-state index in [0.717, 1.165) is 16.8 Å². The van der Waals surface area contributed by atoms with Crippen molar-refractivity contribution in [2.75, 3.05) is 19.0 Å². The highest BCUT2D eigenvalue weighted by molar-refractivity contribution is 5.91. The van der Waals surface area contributed by atoms with E-state index in [2.05, 4.69) is 10.6 Å². The zero-order valence-electron chi connectivity index (χ0n) is 11.2. The second-order valence-electron chi connectivity index (χ2n) is 4.16. The van der Waals surface area contributed by atoms with Crippen LogP contribution in [0.3, 0.4) is 0 Å². The lowest BCUT2D eigenvalue weighted by Gasteiger charge is -2.14. The minimum atomic E-state index is -1.12. The second-order valence-corrected chi connectivity index (χ2v) is 4.16. The molecule has 0 aliphatic rings. The number of aryl methyl sites for hydroxylation is 2. The smallest absolute Gasteiger partial charge is 0.334 e. The summed E-state index contributed by atoms with van der Waals surface area (Å²) in [6.07, 6.45) is -1.05. The highest BCUT2D eigenvalue weighted by Crippen LogP contribution is 2.18. The molecule has 0 spiro atoms. The Kier molecular flexibility index (Phi) is 5.32. The topological polar surface area (TPSA) is 87.7 Å².